The maximum absolute atomic E-state index is 13.1. The summed E-state index contributed by atoms with van der Waals surface area (Å²) in [4.78, 5) is 14.5. The number of alkyl halides is 3. The van der Waals surface area contributed by atoms with Gasteiger partial charge in [0, 0.05) is 12.3 Å². The van der Waals surface area contributed by atoms with E-state index in [2.05, 4.69) is 4.98 Å². The van der Waals surface area contributed by atoms with Gasteiger partial charge in [-0.25, -0.2) is 14.2 Å². The number of carboxylic acids is 1. The van der Waals surface area contributed by atoms with Crippen molar-refractivity contribution in [2.45, 2.75) is 6.18 Å². The van der Waals surface area contributed by atoms with E-state index in [9.17, 15) is 22.4 Å². The van der Waals surface area contributed by atoms with Crippen molar-refractivity contribution in [3.8, 4) is 17.4 Å². The second kappa shape index (κ2) is 6.11. The van der Waals surface area contributed by atoms with Gasteiger partial charge in [0.1, 0.15) is 11.4 Å². The van der Waals surface area contributed by atoms with Crippen molar-refractivity contribution in [1.29, 1.82) is 0 Å². The zero-order chi connectivity index (χ0) is 17.2. The van der Waals surface area contributed by atoms with Gasteiger partial charge in [-0.05, 0) is 18.2 Å². The van der Waals surface area contributed by atoms with Crippen molar-refractivity contribution in [2.24, 2.45) is 0 Å². The number of methoxy groups -OCH3 is 1. The Balaban J connectivity index is 2.46. The minimum Gasteiger partial charge on any atom is -0.493 e. The van der Waals surface area contributed by atoms with Crippen LogP contribution in [0.3, 0.4) is 0 Å². The predicted octanol–water partition coefficient (Wildman–Crippen LogP) is 3.74. The molecule has 23 heavy (non-hydrogen) atoms. The van der Waals surface area contributed by atoms with E-state index in [-0.39, 0.29) is 11.5 Å². The Hall–Kier alpha value is -2.84. The molecule has 1 aromatic carbocycles. The molecule has 0 aliphatic heterocycles. The Morgan fingerprint density at radius 1 is 1.22 bits per heavy atom. The normalized spacial score (nSPS) is 11.2. The highest BCUT2D eigenvalue weighted by Gasteiger charge is 2.33. The highest BCUT2D eigenvalue weighted by molar-refractivity contribution is 5.90. The van der Waals surface area contributed by atoms with Gasteiger partial charge in [0.15, 0.2) is 11.5 Å². The number of nitrogens with zero attached hydrogens (tertiary/aromatic N) is 1. The minimum atomic E-state index is -4.75. The Bertz CT molecular complexity index is 746. The van der Waals surface area contributed by atoms with Crippen molar-refractivity contribution >= 4 is 5.97 Å². The fourth-order valence-corrected chi connectivity index (χ4v) is 1.67. The van der Waals surface area contributed by atoms with Crippen LogP contribution in [0.2, 0.25) is 0 Å². The molecule has 0 bridgehead atoms. The molecule has 0 atom stereocenters. The summed E-state index contributed by atoms with van der Waals surface area (Å²) in [5, 5.41) is 9.03. The minimum absolute atomic E-state index is 0.0666. The standard InChI is InChI=1S/C14H9F4NO4/c1-22-11-5-8(15)2-3-10(11)23-12-9(13(20)21)4-7(6-19-12)14(16,17)18/h2-6H,1H3,(H,20,21). The summed E-state index contributed by atoms with van der Waals surface area (Å²) in [6.07, 6.45) is -4.30. The third kappa shape index (κ3) is 3.68. The highest BCUT2D eigenvalue weighted by atomic mass is 19.4. The lowest BCUT2D eigenvalue weighted by atomic mass is 10.2. The van der Waals surface area contributed by atoms with Crippen LogP contribution < -0.4 is 9.47 Å². The number of carboxylic acid groups (broad SMARTS) is 1. The smallest absolute Gasteiger partial charge is 0.417 e. The molecule has 1 N–H and O–H groups in total. The van der Waals surface area contributed by atoms with Crippen LogP contribution in [-0.2, 0) is 6.18 Å². The second-order valence-electron chi connectivity index (χ2n) is 4.28. The molecule has 0 unspecified atom stereocenters. The monoisotopic (exact) mass is 331 g/mol. The van der Waals surface area contributed by atoms with Gasteiger partial charge in [-0.15, -0.1) is 0 Å². The third-order valence-corrected chi connectivity index (χ3v) is 2.74. The molecule has 0 saturated heterocycles. The summed E-state index contributed by atoms with van der Waals surface area (Å²) in [5.74, 6) is -3.02. The van der Waals surface area contributed by atoms with E-state index in [1.807, 2.05) is 0 Å². The van der Waals surface area contributed by atoms with Crippen molar-refractivity contribution in [1.82, 2.24) is 4.98 Å². The Morgan fingerprint density at radius 2 is 1.91 bits per heavy atom. The molecule has 0 amide bonds. The number of aromatic nitrogens is 1. The van der Waals surface area contributed by atoms with Gasteiger partial charge in [0.25, 0.3) is 0 Å². The van der Waals surface area contributed by atoms with Crippen LogP contribution in [0.1, 0.15) is 15.9 Å². The molecule has 1 aromatic heterocycles. The largest absolute Gasteiger partial charge is 0.493 e. The average Bonchev–Trinajstić information content (AvgIpc) is 2.48. The van der Waals surface area contributed by atoms with E-state index in [0.29, 0.717) is 12.3 Å². The summed E-state index contributed by atoms with van der Waals surface area (Å²) in [6.45, 7) is 0. The SMILES string of the molecule is COc1cc(F)ccc1Oc1ncc(C(F)(F)F)cc1C(=O)O. The van der Waals surface area contributed by atoms with E-state index in [1.54, 1.807) is 0 Å². The quantitative estimate of drug-likeness (QED) is 0.865. The Labute approximate surface area is 127 Å². The lowest BCUT2D eigenvalue weighted by Gasteiger charge is -2.13. The van der Waals surface area contributed by atoms with E-state index in [0.717, 1.165) is 18.2 Å². The highest BCUT2D eigenvalue weighted by Crippen LogP contribution is 2.35. The summed E-state index contributed by atoms with van der Waals surface area (Å²) >= 11 is 0. The Morgan fingerprint density at radius 3 is 2.48 bits per heavy atom. The molecule has 9 heteroatoms. The molecule has 0 radical (unpaired) electrons. The molecule has 1 heterocycles. The molecule has 0 aliphatic carbocycles. The van der Waals surface area contributed by atoms with Crippen molar-refractivity contribution in [3.05, 3.63) is 47.4 Å². The van der Waals surface area contributed by atoms with E-state index in [1.165, 1.54) is 7.11 Å². The number of hydrogen-bond donors (Lipinski definition) is 1. The summed E-state index contributed by atoms with van der Waals surface area (Å²) in [5.41, 5.74) is -2.01. The van der Waals surface area contributed by atoms with Gasteiger partial charge in [-0.1, -0.05) is 0 Å². The van der Waals surface area contributed by atoms with E-state index in [4.69, 9.17) is 14.6 Å². The first kappa shape index (κ1) is 16.5. The number of hydrogen-bond acceptors (Lipinski definition) is 4. The molecular weight excluding hydrogens is 322 g/mol. The number of carbonyl (C=O) groups is 1. The van der Waals surface area contributed by atoms with Crippen LogP contribution in [0.5, 0.6) is 17.4 Å². The number of benzene rings is 1. The van der Waals surface area contributed by atoms with Crippen molar-refractivity contribution < 1.29 is 36.9 Å². The van der Waals surface area contributed by atoms with Crippen LogP contribution >= 0.6 is 0 Å². The first-order valence-electron chi connectivity index (χ1n) is 6.04. The predicted molar refractivity (Wildman–Crippen MR) is 69.2 cm³/mol. The topological polar surface area (TPSA) is 68.7 Å². The van der Waals surface area contributed by atoms with Gasteiger partial charge < -0.3 is 14.6 Å². The van der Waals surface area contributed by atoms with Crippen LogP contribution in [0.25, 0.3) is 0 Å². The first-order chi connectivity index (χ1) is 10.7. The molecule has 5 nitrogen and oxygen atoms in total. The number of ether oxygens (including phenoxy) is 2. The summed E-state index contributed by atoms with van der Waals surface area (Å²) < 4.78 is 61.0. The van der Waals surface area contributed by atoms with E-state index < -0.39 is 35.0 Å². The number of aromatic carboxylic acids is 1. The fraction of sp³-hybridized carbons (Fsp3) is 0.143. The Kier molecular flexibility index (Phi) is 4.39. The van der Waals surface area contributed by atoms with Gasteiger partial charge in [0.05, 0.1) is 12.7 Å². The van der Waals surface area contributed by atoms with Gasteiger partial charge in [-0.3, -0.25) is 0 Å². The van der Waals surface area contributed by atoms with Crippen LogP contribution in [0.4, 0.5) is 17.6 Å². The lowest BCUT2D eigenvalue weighted by Crippen LogP contribution is -2.10. The van der Waals surface area contributed by atoms with Crippen molar-refractivity contribution in [3.63, 3.8) is 0 Å². The second-order valence-corrected chi connectivity index (χ2v) is 4.28. The van der Waals surface area contributed by atoms with E-state index >= 15 is 0 Å². The van der Waals surface area contributed by atoms with Gasteiger partial charge in [-0.2, -0.15) is 13.2 Å². The van der Waals surface area contributed by atoms with Gasteiger partial charge >= 0.3 is 12.1 Å². The van der Waals surface area contributed by atoms with Crippen LogP contribution in [-0.4, -0.2) is 23.2 Å². The molecule has 122 valence electrons. The number of halogens is 4. The molecule has 0 fully saturated rings. The van der Waals surface area contributed by atoms with Crippen LogP contribution in [0, 0.1) is 5.82 Å². The zero-order valence-electron chi connectivity index (χ0n) is 11.5. The summed E-state index contributed by atoms with van der Waals surface area (Å²) in [6, 6.07) is 3.53. The number of rotatable bonds is 4. The molecule has 0 spiro atoms. The summed E-state index contributed by atoms with van der Waals surface area (Å²) in [7, 11) is 1.22. The third-order valence-electron chi connectivity index (χ3n) is 2.74. The fourth-order valence-electron chi connectivity index (χ4n) is 1.67. The maximum Gasteiger partial charge on any atom is 0.417 e. The molecule has 0 aliphatic rings. The average molecular weight is 331 g/mol. The van der Waals surface area contributed by atoms with Crippen LogP contribution in [0.15, 0.2) is 30.5 Å². The number of pyridine rings is 1. The zero-order valence-corrected chi connectivity index (χ0v) is 11.5. The molecule has 2 rings (SSSR count). The molecular formula is C14H9F4NO4. The maximum atomic E-state index is 13.1. The van der Waals surface area contributed by atoms with Crippen molar-refractivity contribution in [2.75, 3.05) is 7.11 Å². The molecule has 2 aromatic rings. The first-order valence-corrected chi connectivity index (χ1v) is 6.04. The van der Waals surface area contributed by atoms with Gasteiger partial charge in [0.2, 0.25) is 5.88 Å². The molecule has 0 saturated carbocycles. The lowest BCUT2D eigenvalue weighted by molar-refractivity contribution is -0.137.